The Morgan fingerprint density at radius 3 is 2.75 bits per heavy atom. The number of thioether (sulfide) groups is 1. The fourth-order valence-electron chi connectivity index (χ4n) is 1.19. The molecule has 0 bridgehead atoms. The third kappa shape index (κ3) is 2.48. The Morgan fingerprint density at radius 1 is 1.44 bits per heavy atom. The molecule has 0 aliphatic heterocycles. The highest BCUT2D eigenvalue weighted by atomic mass is 127. The van der Waals surface area contributed by atoms with Gasteiger partial charge in [-0.3, -0.25) is 4.40 Å². The van der Waals surface area contributed by atoms with Gasteiger partial charge in [0.05, 0.1) is 4.47 Å². The Hall–Kier alpha value is 0.0400. The summed E-state index contributed by atoms with van der Waals surface area (Å²) in [5.41, 5.74) is -3.82. The van der Waals surface area contributed by atoms with E-state index in [0.717, 1.165) is 0 Å². The number of hydrogen-bond acceptors (Lipinski definition) is 2. The molecule has 0 amide bonds. The first kappa shape index (κ1) is 12.5. The molecule has 2 aromatic rings. The third-order valence-electron chi connectivity index (χ3n) is 1.73. The lowest BCUT2D eigenvalue weighted by atomic mass is 10.5. The van der Waals surface area contributed by atoms with E-state index < -0.39 is 5.51 Å². The van der Waals surface area contributed by atoms with Gasteiger partial charge in [0.2, 0.25) is 0 Å². The monoisotopic (exact) mass is 422 g/mol. The number of fused-ring (bicyclic) bond motifs is 1. The molecule has 16 heavy (non-hydrogen) atoms. The molecule has 8 heteroatoms. The summed E-state index contributed by atoms with van der Waals surface area (Å²) in [7, 11) is 0. The number of halogens is 5. The van der Waals surface area contributed by atoms with Crippen LogP contribution in [0.2, 0.25) is 0 Å². The molecule has 0 aliphatic rings. The predicted molar refractivity (Wildman–Crippen MR) is 67.5 cm³/mol. The molecule has 0 aliphatic carbocycles. The van der Waals surface area contributed by atoms with Gasteiger partial charge in [0, 0.05) is 18.0 Å². The molecule has 0 atom stereocenters. The summed E-state index contributed by atoms with van der Waals surface area (Å²) in [6.45, 7) is 0. The van der Waals surface area contributed by atoms with Crippen molar-refractivity contribution in [2.24, 2.45) is 0 Å². The summed E-state index contributed by atoms with van der Waals surface area (Å²) in [6.07, 6.45) is 1.56. The smallest absolute Gasteiger partial charge is 0.293 e. The zero-order valence-corrected chi connectivity index (χ0v) is 12.0. The fraction of sp³-hybridized carbons (Fsp3) is 0.125. The van der Waals surface area contributed by atoms with Gasteiger partial charge in [-0.05, 0) is 50.7 Å². The van der Waals surface area contributed by atoms with E-state index in [1.54, 1.807) is 40.9 Å². The van der Waals surface area contributed by atoms with Gasteiger partial charge in [-0.1, -0.05) is 0 Å². The van der Waals surface area contributed by atoms with Crippen LogP contribution in [0.5, 0.6) is 0 Å². The summed E-state index contributed by atoms with van der Waals surface area (Å²) in [6, 6.07) is 3.40. The highest BCUT2D eigenvalue weighted by Gasteiger charge is 2.32. The highest BCUT2D eigenvalue weighted by molar-refractivity contribution is 14.1. The minimum absolute atomic E-state index is 0.0874. The van der Waals surface area contributed by atoms with Crippen LogP contribution in [0, 0.1) is 3.70 Å². The summed E-state index contributed by atoms with van der Waals surface area (Å²) in [5.74, 6) is 0. The van der Waals surface area contributed by atoms with Gasteiger partial charge < -0.3 is 0 Å². The van der Waals surface area contributed by atoms with E-state index in [4.69, 9.17) is 0 Å². The number of pyridine rings is 1. The molecule has 2 nitrogen and oxygen atoms in total. The number of rotatable bonds is 1. The molecule has 2 aromatic heterocycles. The SMILES string of the molecule is FC(F)(F)Sc1c(I)nc2c(Br)cccn12. The van der Waals surface area contributed by atoms with Crippen molar-refractivity contribution in [1.82, 2.24) is 9.38 Å². The molecular formula is C8H3BrF3IN2S. The zero-order chi connectivity index (χ0) is 11.9. The maximum Gasteiger partial charge on any atom is 0.447 e. The van der Waals surface area contributed by atoms with Crippen LogP contribution in [0.3, 0.4) is 0 Å². The Bertz CT molecular complexity index is 540. The second-order valence-electron chi connectivity index (χ2n) is 2.81. The van der Waals surface area contributed by atoms with Crippen LogP contribution in [0.25, 0.3) is 5.65 Å². The molecule has 86 valence electrons. The Balaban J connectivity index is 2.61. The number of imidazole rings is 1. The molecule has 0 unspecified atom stereocenters. The van der Waals surface area contributed by atoms with Gasteiger partial charge in [0.25, 0.3) is 0 Å². The molecule has 0 aromatic carbocycles. The Kier molecular flexibility index (Phi) is 3.41. The van der Waals surface area contributed by atoms with E-state index in [-0.39, 0.29) is 16.8 Å². The standard InChI is InChI=1S/C8H3BrF3IN2S/c9-4-2-1-3-15-6(4)14-5(13)7(15)16-8(10,11)12/h1-3H. The van der Waals surface area contributed by atoms with Crippen molar-refractivity contribution < 1.29 is 13.2 Å². The first-order valence-corrected chi connectivity index (χ1v) is 6.65. The number of hydrogen-bond donors (Lipinski definition) is 0. The van der Waals surface area contributed by atoms with Gasteiger partial charge >= 0.3 is 5.51 Å². The molecule has 2 heterocycles. The van der Waals surface area contributed by atoms with Gasteiger partial charge in [0.1, 0.15) is 8.73 Å². The van der Waals surface area contributed by atoms with Gasteiger partial charge in [-0.2, -0.15) is 13.2 Å². The van der Waals surface area contributed by atoms with Crippen molar-refractivity contribution in [2.45, 2.75) is 10.5 Å². The van der Waals surface area contributed by atoms with Gasteiger partial charge in [-0.15, -0.1) is 0 Å². The lowest BCUT2D eigenvalue weighted by molar-refractivity contribution is -0.0330. The number of aromatic nitrogens is 2. The van der Waals surface area contributed by atoms with Crippen LogP contribution >= 0.6 is 50.3 Å². The Labute approximate surface area is 115 Å². The fourth-order valence-corrected chi connectivity index (χ4v) is 3.03. The summed E-state index contributed by atoms with van der Waals surface area (Å²) >= 11 is 4.89. The topological polar surface area (TPSA) is 17.3 Å². The predicted octanol–water partition coefficient (Wildman–Crippen LogP) is 4.31. The van der Waals surface area contributed by atoms with Crippen molar-refractivity contribution in [3.05, 3.63) is 26.5 Å². The summed E-state index contributed by atoms with van der Waals surface area (Å²) < 4.78 is 39.4. The lowest BCUT2D eigenvalue weighted by Gasteiger charge is -2.05. The molecule has 2 rings (SSSR count). The molecule has 0 radical (unpaired) electrons. The van der Waals surface area contributed by atoms with Crippen molar-refractivity contribution in [1.29, 1.82) is 0 Å². The highest BCUT2D eigenvalue weighted by Crippen LogP contribution is 2.39. The van der Waals surface area contributed by atoms with Gasteiger partial charge in [-0.25, -0.2) is 4.98 Å². The van der Waals surface area contributed by atoms with E-state index in [2.05, 4.69) is 20.9 Å². The summed E-state index contributed by atoms with van der Waals surface area (Å²) in [4.78, 5) is 4.08. The van der Waals surface area contributed by atoms with Crippen LogP contribution in [0.1, 0.15) is 0 Å². The molecule has 0 saturated heterocycles. The lowest BCUT2D eigenvalue weighted by Crippen LogP contribution is -2.01. The van der Waals surface area contributed by atoms with Crippen LogP contribution in [-0.4, -0.2) is 14.9 Å². The first-order chi connectivity index (χ1) is 7.38. The second kappa shape index (κ2) is 4.37. The number of alkyl halides is 3. The van der Waals surface area contributed by atoms with Crippen molar-refractivity contribution in [3.63, 3.8) is 0 Å². The third-order valence-corrected chi connectivity index (χ3v) is 4.28. The van der Waals surface area contributed by atoms with E-state index in [1.807, 2.05) is 0 Å². The number of nitrogens with zero attached hydrogens (tertiary/aromatic N) is 2. The van der Waals surface area contributed by atoms with E-state index in [9.17, 15) is 13.2 Å². The maximum atomic E-state index is 12.3. The van der Waals surface area contributed by atoms with Crippen LogP contribution in [-0.2, 0) is 0 Å². The van der Waals surface area contributed by atoms with E-state index in [0.29, 0.717) is 13.8 Å². The molecule has 0 spiro atoms. The molecule has 0 saturated carbocycles. The van der Waals surface area contributed by atoms with E-state index >= 15 is 0 Å². The first-order valence-electron chi connectivity index (χ1n) is 3.96. The van der Waals surface area contributed by atoms with Crippen molar-refractivity contribution in [3.8, 4) is 0 Å². The van der Waals surface area contributed by atoms with Crippen LogP contribution in [0.4, 0.5) is 13.2 Å². The zero-order valence-electron chi connectivity index (χ0n) is 7.42. The quantitative estimate of drug-likeness (QED) is 0.503. The molecular weight excluding hydrogens is 420 g/mol. The Morgan fingerprint density at radius 2 is 2.12 bits per heavy atom. The van der Waals surface area contributed by atoms with E-state index in [1.165, 1.54) is 4.40 Å². The van der Waals surface area contributed by atoms with Crippen molar-refractivity contribution in [2.75, 3.05) is 0 Å². The average Bonchev–Trinajstić information content (AvgIpc) is 2.44. The normalized spacial score (nSPS) is 12.3. The minimum atomic E-state index is -4.31. The minimum Gasteiger partial charge on any atom is -0.293 e. The molecule has 0 N–H and O–H groups in total. The average molecular weight is 423 g/mol. The summed E-state index contributed by atoms with van der Waals surface area (Å²) in [5, 5.41) is 0.0874. The maximum absolute atomic E-state index is 12.3. The van der Waals surface area contributed by atoms with Crippen LogP contribution < -0.4 is 0 Å². The second-order valence-corrected chi connectivity index (χ2v) is 5.74. The van der Waals surface area contributed by atoms with Crippen molar-refractivity contribution >= 4 is 55.9 Å². The van der Waals surface area contributed by atoms with Gasteiger partial charge in [0.15, 0.2) is 5.65 Å². The van der Waals surface area contributed by atoms with Crippen LogP contribution in [0.15, 0.2) is 27.8 Å². The molecule has 0 fully saturated rings. The largest absolute Gasteiger partial charge is 0.447 e.